The Kier molecular flexibility index (Phi) is 10.4. The summed E-state index contributed by atoms with van der Waals surface area (Å²) < 4.78 is 41.1. The van der Waals surface area contributed by atoms with Crippen LogP contribution in [0.5, 0.6) is 0 Å². The first-order chi connectivity index (χ1) is 21.3. The van der Waals surface area contributed by atoms with Crippen molar-refractivity contribution in [1.29, 1.82) is 0 Å². The maximum Gasteiger partial charge on any atom is 0.399 e. The fourth-order valence-electron chi connectivity index (χ4n) is 5.19. The number of carboxylic acids is 1. The summed E-state index contributed by atoms with van der Waals surface area (Å²) in [6.07, 6.45) is 0.544. The van der Waals surface area contributed by atoms with Gasteiger partial charge in [0.2, 0.25) is 11.8 Å². The molecule has 46 heavy (non-hydrogen) atoms. The van der Waals surface area contributed by atoms with Crippen LogP contribution in [0.2, 0.25) is 0 Å². The minimum atomic E-state index is -5.79. The zero-order valence-corrected chi connectivity index (χ0v) is 28.4. The lowest BCUT2D eigenvalue weighted by Crippen LogP contribution is -2.58. The highest BCUT2D eigenvalue weighted by Crippen LogP contribution is 2.59. The van der Waals surface area contributed by atoms with Crippen LogP contribution in [0, 0.1) is 5.41 Å². The normalized spacial score (nSPS) is 16.3. The Hall–Kier alpha value is -3.23. The van der Waals surface area contributed by atoms with Gasteiger partial charge >= 0.3 is 19.2 Å². The van der Waals surface area contributed by atoms with Crippen molar-refractivity contribution in [2.75, 3.05) is 18.0 Å². The van der Waals surface area contributed by atoms with Gasteiger partial charge in [-0.3, -0.25) is 23.7 Å². The summed E-state index contributed by atoms with van der Waals surface area (Å²) in [5, 5.41) is 12.2. The minimum Gasteiger partial charge on any atom is -0.481 e. The first-order valence-corrected chi connectivity index (χ1v) is 17.4. The van der Waals surface area contributed by atoms with Crippen LogP contribution in [0.25, 0.3) is 10.1 Å². The molecule has 0 bridgehead atoms. The molecule has 1 fully saturated rings. The third-order valence-electron chi connectivity index (χ3n) is 7.62. The van der Waals surface area contributed by atoms with Crippen LogP contribution in [0.3, 0.4) is 0 Å². The van der Waals surface area contributed by atoms with Crippen molar-refractivity contribution in [3.63, 3.8) is 0 Å². The lowest BCUT2D eigenvalue weighted by atomic mass is 9.85. The molecule has 2 atom stereocenters. The van der Waals surface area contributed by atoms with E-state index in [4.69, 9.17) is 9.79 Å². The number of nitrogens with zero attached hydrogens (tertiary/aromatic N) is 2. The number of carbonyl (C=O) groups is 4. The van der Waals surface area contributed by atoms with Gasteiger partial charge in [0.15, 0.2) is 0 Å². The van der Waals surface area contributed by atoms with Crippen molar-refractivity contribution in [3.8, 4) is 0 Å². The lowest BCUT2D eigenvalue weighted by Gasteiger charge is -2.36. The Bertz CT molecular complexity index is 1710. The molecule has 1 aliphatic heterocycles. The number of thiophene rings is 1. The minimum absolute atomic E-state index is 0.0813. The molecule has 0 aliphatic carbocycles. The molecule has 1 saturated heterocycles. The number of alkyl halides is 2. The van der Waals surface area contributed by atoms with Gasteiger partial charge in [0.25, 0.3) is 5.91 Å². The van der Waals surface area contributed by atoms with Gasteiger partial charge in [0, 0.05) is 33.5 Å². The van der Waals surface area contributed by atoms with Crippen LogP contribution in [-0.2, 0) is 24.6 Å². The molecular formula is C30H33BrF2N3O8PS. The fraction of sp³-hybridized carbons (Fsp3) is 0.400. The van der Waals surface area contributed by atoms with Gasteiger partial charge in [-0.25, -0.2) is 0 Å². The molecule has 0 radical (unpaired) electrons. The molecule has 0 unspecified atom stereocenters. The van der Waals surface area contributed by atoms with Gasteiger partial charge < -0.3 is 30.0 Å². The molecular weight excluding hydrogens is 711 g/mol. The average Bonchev–Trinajstić information content (AvgIpc) is 3.62. The van der Waals surface area contributed by atoms with E-state index < -0.39 is 60.0 Å². The number of fused-ring (bicyclic) bond motifs is 1. The van der Waals surface area contributed by atoms with E-state index in [1.54, 1.807) is 45.0 Å². The molecule has 2 heterocycles. The van der Waals surface area contributed by atoms with E-state index in [9.17, 15) is 37.6 Å². The first kappa shape index (κ1) is 35.6. The second kappa shape index (κ2) is 13.5. The molecule has 4 N–H and O–H groups in total. The van der Waals surface area contributed by atoms with Crippen LogP contribution < -0.4 is 10.2 Å². The van der Waals surface area contributed by atoms with Crippen LogP contribution in [0.15, 0.2) is 53.0 Å². The highest BCUT2D eigenvalue weighted by atomic mass is 79.9. The number of anilines is 1. The number of halogens is 3. The molecule has 3 aromatic rings. The number of nitrogens with one attached hydrogen (secondary N) is 1. The summed E-state index contributed by atoms with van der Waals surface area (Å²) in [6.45, 7) is 5.35. The number of hydrogen-bond donors (Lipinski definition) is 4. The summed E-state index contributed by atoms with van der Waals surface area (Å²) >= 11 is 4.30. The largest absolute Gasteiger partial charge is 0.481 e. The van der Waals surface area contributed by atoms with Crippen molar-refractivity contribution >= 4 is 74.3 Å². The zero-order chi connectivity index (χ0) is 34.2. The van der Waals surface area contributed by atoms with E-state index in [2.05, 4.69) is 21.2 Å². The molecule has 1 aromatic heterocycles. The predicted octanol–water partition coefficient (Wildman–Crippen LogP) is 5.53. The van der Waals surface area contributed by atoms with E-state index >= 15 is 0 Å². The van der Waals surface area contributed by atoms with Crippen molar-refractivity contribution in [3.05, 3.63) is 63.4 Å². The molecule has 0 saturated carbocycles. The van der Waals surface area contributed by atoms with E-state index in [1.165, 1.54) is 21.9 Å². The Morgan fingerprint density at radius 3 is 2.35 bits per heavy atom. The number of likely N-dealkylation sites (tertiary alicyclic amines) is 1. The summed E-state index contributed by atoms with van der Waals surface area (Å²) in [4.78, 5) is 73.8. The van der Waals surface area contributed by atoms with Crippen LogP contribution in [0.1, 0.15) is 55.3 Å². The van der Waals surface area contributed by atoms with Gasteiger partial charge in [0.1, 0.15) is 12.1 Å². The molecule has 4 rings (SSSR count). The number of aliphatic carboxylic acids is 1. The van der Waals surface area contributed by atoms with E-state index in [0.717, 1.165) is 27.9 Å². The van der Waals surface area contributed by atoms with Gasteiger partial charge in [-0.05, 0) is 66.1 Å². The second-order valence-corrected chi connectivity index (χ2v) is 15.7. The van der Waals surface area contributed by atoms with Crippen molar-refractivity contribution < 1.29 is 47.4 Å². The summed E-state index contributed by atoms with van der Waals surface area (Å²) in [5.74, 6) is -2.70. The fourth-order valence-corrected chi connectivity index (χ4v) is 6.88. The molecule has 3 amide bonds. The van der Waals surface area contributed by atoms with Crippen LogP contribution >= 0.6 is 34.9 Å². The lowest BCUT2D eigenvalue weighted by molar-refractivity contribution is -0.141. The third-order valence-corrected chi connectivity index (χ3v) is 10.2. The summed E-state index contributed by atoms with van der Waals surface area (Å²) in [5.41, 5.74) is -5.67. The quantitative estimate of drug-likeness (QED) is 0.197. The second-order valence-electron chi connectivity index (χ2n) is 12.0. The van der Waals surface area contributed by atoms with Gasteiger partial charge in [0.05, 0.1) is 11.3 Å². The van der Waals surface area contributed by atoms with E-state index in [1.807, 2.05) is 0 Å². The zero-order valence-electron chi connectivity index (χ0n) is 25.1. The van der Waals surface area contributed by atoms with Gasteiger partial charge in [-0.15, -0.1) is 11.3 Å². The number of carboxylic acid groups (broad SMARTS) is 1. The van der Waals surface area contributed by atoms with E-state index in [0.29, 0.717) is 23.2 Å². The first-order valence-electron chi connectivity index (χ1n) is 14.2. The maximum absolute atomic E-state index is 14.3. The Balaban J connectivity index is 1.59. The third kappa shape index (κ3) is 7.66. The molecule has 248 valence electrons. The Morgan fingerprint density at radius 2 is 1.76 bits per heavy atom. The smallest absolute Gasteiger partial charge is 0.399 e. The number of amides is 3. The molecule has 1 aliphatic rings. The van der Waals surface area contributed by atoms with Crippen molar-refractivity contribution in [1.82, 2.24) is 10.2 Å². The number of carbonyl (C=O) groups excluding carboxylic acids is 3. The molecule has 11 nitrogen and oxygen atoms in total. The topological polar surface area (TPSA) is 165 Å². The van der Waals surface area contributed by atoms with Crippen molar-refractivity contribution in [2.24, 2.45) is 5.41 Å². The molecule has 2 aromatic carbocycles. The highest BCUT2D eigenvalue weighted by molar-refractivity contribution is 9.10. The molecule has 0 spiro atoms. The maximum atomic E-state index is 14.3. The standard InChI is InChI=1S/C30H33BrF2N3O8PS/c1-29(2,3)25(34-26(39)23-16-17-15-18(6-11-22(17)46-23)30(32,33)45(42,43)44)28(41)36-13-4-5-21(36)27(40)35(14-12-24(37)38)20-9-7-19(31)8-10-20/h6-11,15-16,21,25H,4-5,12-14H2,1-3H3,(H,34,39)(H,37,38)(H2,42,43,44)/t21-,25+/m0/s1. The summed E-state index contributed by atoms with van der Waals surface area (Å²) in [6, 6.07) is 9.13. The predicted molar refractivity (Wildman–Crippen MR) is 172 cm³/mol. The Labute approximate surface area is 275 Å². The number of benzene rings is 2. The average molecular weight is 745 g/mol. The van der Waals surface area contributed by atoms with Gasteiger partial charge in [-0.1, -0.05) is 42.8 Å². The van der Waals surface area contributed by atoms with E-state index in [-0.39, 0.29) is 29.8 Å². The molecule has 16 heteroatoms. The number of hydrogen-bond acceptors (Lipinski definition) is 6. The van der Waals surface area contributed by atoms with Crippen LogP contribution in [0.4, 0.5) is 14.5 Å². The summed E-state index contributed by atoms with van der Waals surface area (Å²) in [7, 11) is -5.79. The van der Waals surface area contributed by atoms with Gasteiger partial charge in [-0.2, -0.15) is 8.78 Å². The van der Waals surface area contributed by atoms with Crippen LogP contribution in [-0.4, -0.2) is 68.7 Å². The van der Waals surface area contributed by atoms with Crippen molar-refractivity contribution in [2.45, 2.75) is 57.8 Å². The Morgan fingerprint density at radius 1 is 1.11 bits per heavy atom. The number of rotatable bonds is 10. The monoisotopic (exact) mass is 743 g/mol. The highest BCUT2D eigenvalue weighted by Gasteiger charge is 2.50. The SMILES string of the molecule is CC(C)(C)[C@H](NC(=O)c1cc2cc(C(F)(F)P(=O)(O)O)ccc2s1)C(=O)N1CCC[C@H]1C(=O)N(CCC(=O)O)c1ccc(Br)cc1.